The Bertz CT molecular complexity index is 1110. The molecule has 3 rings (SSSR count). The molecular weight excluding hydrogens is 440 g/mol. The van der Waals surface area contributed by atoms with Crippen molar-refractivity contribution in [3.63, 3.8) is 0 Å². The molecule has 0 saturated carbocycles. The second-order valence-electron chi connectivity index (χ2n) is 6.85. The van der Waals surface area contributed by atoms with Crippen LogP contribution in [0.1, 0.15) is 29.5 Å². The first-order chi connectivity index (χ1) is 14.6. The fourth-order valence-corrected chi connectivity index (χ4v) is 3.29. The van der Waals surface area contributed by atoms with Gasteiger partial charge in [-0.2, -0.15) is 13.2 Å². The number of alkyl halides is 3. The minimum absolute atomic E-state index is 0. The van der Waals surface area contributed by atoms with Crippen molar-refractivity contribution >= 4 is 34.4 Å². The Balaban J connectivity index is 0.00000272. The van der Waals surface area contributed by atoms with E-state index in [0.29, 0.717) is 21.6 Å². The van der Waals surface area contributed by atoms with Gasteiger partial charge in [0, 0.05) is 26.2 Å². The smallest absolute Gasteiger partial charge is 0.353 e. The van der Waals surface area contributed by atoms with E-state index in [1.54, 1.807) is 26.1 Å². The SMILES string of the molecule is CCC(CC)(Nc1nc(-c2c[nH]c3ncc(Cl)cc23)ncc1F)C(=O)NCC(F)(F)F.[HH].[HH]. The number of pyridine rings is 1. The van der Waals surface area contributed by atoms with Gasteiger partial charge in [-0.15, -0.1) is 0 Å². The lowest BCUT2D eigenvalue weighted by Crippen LogP contribution is -2.53. The van der Waals surface area contributed by atoms with Crippen molar-refractivity contribution in [2.75, 3.05) is 11.9 Å². The summed E-state index contributed by atoms with van der Waals surface area (Å²) in [6, 6.07) is 1.64. The molecule has 3 aromatic heterocycles. The summed E-state index contributed by atoms with van der Waals surface area (Å²) >= 11 is 6.00. The zero-order chi connectivity index (χ0) is 22.8. The lowest BCUT2D eigenvalue weighted by Gasteiger charge is -2.32. The minimum atomic E-state index is -4.57. The number of rotatable bonds is 7. The van der Waals surface area contributed by atoms with Crippen molar-refractivity contribution in [3.8, 4) is 11.4 Å². The van der Waals surface area contributed by atoms with E-state index in [4.69, 9.17) is 11.6 Å². The van der Waals surface area contributed by atoms with Crippen LogP contribution in [0.2, 0.25) is 5.02 Å². The Labute approximate surface area is 182 Å². The van der Waals surface area contributed by atoms with Gasteiger partial charge in [-0.3, -0.25) is 4.79 Å². The monoisotopic (exact) mass is 462 g/mol. The van der Waals surface area contributed by atoms with Gasteiger partial charge in [-0.1, -0.05) is 25.4 Å². The number of hydrogen-bond donors (Lipinski definition) is 3. The summed E-state index contributed by atoms with van der Waals surface area (Å²) in [6.45, 7) is 1.73. The maximum Gasteiger partial charge on any atom is 0.405 e. The van der Waals surface area contributed by atoms with Gasteiger partial charge in [-0.05, 0) is 18.9 Å². The fraction of sp³-hybridized carbons (Fsp3) is 0.368. The topological polar surface area (TPSA) is 95.6 Å². The summed E-state index contributed by atoms with van der Waals surface area (Å²) in [4.78, 5) is 27.8. The Morgan fingerprint density at radius 3 is 2.58 bits per heavy atom. The molecule has 12 heteroatoms. The number of hydrogen-bond acceptors (Lipinski definition) is 5. The summed E-state index contributed by atoms with van der Waals surface area (Å²) in [5, 5.41) is 5.54. The van der Waals surface area contributed by atoms with E-state index < -0.39 is 30.0 Å². The first-order valence-corrected chi connectivity index (χ1v) is 9.75. The molecule has 170 valence electrons. The number of anilines is 1. The molecule has 0 aliphatic rings. The molecule has 7 nitrogen and oxygen atoms in total. The van der Waals surface area contributed by atoms with Crippen LogP contribution in [0.3, 0.4) is 0 Å². The van der Waals surface area contributed by atoms with Gasteiger partial charge in [-0.25, -0.2) is 19.3 Å². The molecule has 0 atom stereocenters. The Kier molecular flexibility index (Phi) is 6.35. The van der Waals surface area contributed by atoms with Crippen molar-refractivity contribution in [2.45, 2.75) is 38.4 Å². The predicted octanol–water partition coefficient (Wildman–Crippen LogP) is 4.95. The van der Waals surface area contributed by atoms with Gasteiger partial charge >= 0.3 is 6.18 Å². The molecule has 3 N–H and O–H groups in total. The third kappa shape index (κ3) is 4.87. The largest absolute Gasteiger partial charge is 0.405 e. The lowest BCUT2D eigenvalue weighted by atomic mass is 9.91. The number of fused-ring (bicyclic) bond motifs is 1. The highest BCUT2D eigenvalue weighted by atomic mass is 35.5. The second-order valence-corrected chi connectivity index (χ2v) is 7.29. The molecule has 1 amide bonds. The van der Waals surface area contributed by atoms with E-state index in [1.165, 1.54) is 6.20 Å². The number of carbonyl (C=O) groups is 1. The predicted molar refractivity (Wildman–Crippen MR) is 112 cm³/mol. The van der Waals surface area contributed by atoms with Crippen LogP contribution in [0.15, 0.2) is 24.7 Å². The maximum absolute atomic E-state index is 14.5. The number of nitrogens with zero attached hydrogens (tertiary/aromatic N) is 3. The number of nitrogens with one attached hydrogen (secondary N) is 3. The molecule has 0 fully saturated rings. The first-order valence-electron chi connectivity index (χ1n) is 9.37. The number of aromatic nitrogens is 4. The van der Waals surface area contributed by atoms with Crippen molar-refractivity contribution in [1.82, 2.24) is 25.3 Å². The quantitative estimate of drug-likeness (QED) is 0.432. The fourth-order valence-electron chi connectivity index (χ4n) is 3.13. The van der Waals surface area contributed by atoms with E-state index >= 15 is 0 Å². The van der Waals surface area contributed by atoms with E-state index in [-0.39, 0.29) is 27.3 Å². The van der Waals surface area contributed by atoms with Crippen LogP contribution in [0, 0.1) is 5.82 Å². The van der Waals surface area contributed by atoms with Crippen molar-refractivity contribution in [1.29, 1.82) is 0 Å². The molecule has 0 bridgehead atoms. The van der Waals surface area contributed by atoms with Crippen LogP contribution in [-0.4, -0.2) is 44.1 Å². The zero-order valence-corrected chi connectivity index (χ0v) is 17.3. The highest BCUT2D eigenvalue weighted by molar-refractivity contribution is 6.31. The number of aromatic amines is 1. The Morgan fingerprint density at radius 2 is 1.94 bits per heavy atom. The van der Waals surface area contributed by atoms with Crippen LogP contribution < -0.4 is 10.6 Å². The molecule has 0 radical (unpaired) electrons. The van der Waals surface area contributed by atoms with Gasteiger partial charge in [0.15, 0.2) is 17.5 Å². The van der Waals surface area contributed by atoms with E-state index in [0.717, 1.165) is 6.20 Å². The van der Waals surface area contributed by atoms with Crippen molar-refractivity contribution in [2.24, 2.45) is 0 Å². The molecule has 0 aliphatic carbocycles. The molecule has 3 heterocycles. The number of carbonyl (C=O) groups excluding carboxylic acids is 1. The number of halogens is 5. The average Bonchev–Trinajstić information content (AvgIpc) is 3.14. The van der Waals surface area contributed by atoms with Crippen molar-refractivity contribution in [3.05, 3.63) is 35.5 Å². The summed E-state index contributed by atoms with van der Waals surface area (Å²) in [5.74, 6) is -1.94. The maximum atomic E-state index is 14.5. The second kappa shape index (κ2) is 8.66. The molecule has 31 heavy (non-hydrogen) atoms. The van der Waals surface area contributed by atoms with E-state index in [2.05, 4.69) is 25.3 Å². The van der Waals surface area contributed by atoms with Gasteiger partial charge in [0.05, 0.1) is 11.2 Å². The average molecular weight is 463 g/mol. The summed E-state index contributed by atoms with van der Waals surface area (Å²) < 4.78 is 52.1. The Hall–Kier alpha value is -2.95. The van der Waals surface area contributed by atoms with Crippen LogP contribution in [-0.2, 0) is 4.79 Å². The highest BCUT2D eigenvalue weighted by Crippen LogP contribution is 2.30. The number of amides is 1. The first kappa shape index (κ1) is 22.7. The minimum Gasteiger partial charge on any atom is -0.353 e. The van der Waals surface area contributed by atoms with Gasteiger partial charge in [0.25, 0.3) is 0 Å². The molecule has 0 unspecified atom stereocenters. The standard InChI is InChI=1S/C19H19ClF4N6O.2H2/c1-3-18(4-2,17(31)28-9-19(22,23)24)30-16-13(21)8-27-15(29-16)12-7-26-14-11(12)5-10(20)6-25-14;;/h5-8H,3-4,9H2,1-2H3,(H,25,26)(H,28,31)(H,27,29,30);2*1H. The number of H-pyrrole nitrogens is 1. The molecule has 3 aromatic rings. The van der Waals surface area contributed by atoms with Gasteiger partial charge in [0.1, 0.15) is 17.7 Å². The summed E-state index contributed by atoms with van der Waals surface area (Å²) in [7, 11) is 0. The molecular formula is C19H23ClF4N6O. The van der Waals surface area contributed by atoms with E-state index in [1.807, 2.05) is 5.32 Å². The summed E-state index contributed by atoms with van der Waals surface area (Å²) in [6.07, 6.45) is -0.420. The van der Waals surface area contributed by atoms with E-state index in [9.17, 15) is 22.4 Å². The third-order valence-electron chi connectivity index (χ3n) is 4.93. The van der Waals surface area contributed by atoms with Crippen LogP contribution in [0.4, 0.5) is 23.4 Å². The zero-order valence-electron chi connectivity index (χ0n) is 16.6. The van der Waals surface area contributed by atoms with Gasteiger partial charge < -0.3 is 15.6 Å². The van der Waals surface area contributed by atoms with Crippen LogP contribution in [0.25, 0.3) is 22.4 Å². The van der Waals surface area contributed by atoms with Gasteiger partial charge in [0.2, 0.25) is 5.91 Å². The lowest BCUT2D eigenvalue weighted by molar-refractivity contribution is -0.141. The third-order valence-corrected chi connectivity index (χ3v) is 5.14. The molecule has 0 saturated heterocycles. The highest BCUT2D eigenvalue weighted by Gasteiger charge is 2.38. The summed E-state index contributed by atoms with van der Waals surface area (Å²) in [5.41, 5.74) is -0.485. The molecule has 0 aromatic carbocycles. The Morgan fingerprint density at radius 1 is 1.23 bits per heavy atom. The molecule has 0 aliphatic heterocycles. The van der Waals surface area contributed by atoms with Crippen molar-refractivity contribution < 1.29 is 25.2 Å². The van der Waals surface area contributed by atoms with Crippen LogP contribution in [0.5, 0.6) is 0 Å². The normalized spacial score (nSPS) is 12.2. The van der Waals surface area contributed by atoms with Crippen LogP contribution >= 0.6 is 11.6 Å². The molecule has 0 spiro atoms.